The zero-order valence-electron chi connectivity index (χ0n) is 10.4. The van der Waals surface area contributed by atoms with E-state index in [1.165, 1.54) is 0 Å². The molecule has 3 heterocycles. The van der Waals surface area contributed by atoms with Crippen molar-refractivity contribution >= 4 is 30.0 Å². The maximum absolute atomic E-state index is 12.1. The lowest BCUT2D eigenvalue weighted by Crippen LogP contribution is -2.54. The summed E-state index contributed by atoms with van der Waals surface area (Å²) in [6.07, 6.45) is 4.28. The van der Waals surface area contributed by atoms with Gasteiger partial charge in [0.05, 0.1) is 17.0 Å². The molecule has 0 radical (unpaired) electrons. The number of fused-ring (bicyclic) bond motifs is 1. The monoisotopic (exact) mass is 272 g/mol. The van der Waals surface area contributed by atoms with E-state index in [4.69, 9.17) is 0 Å². The average molecular weight is 272 g/mol. The summed E-state index contributed by atoms with van der Waals surface area (Å²) in [5.41, 5.74) is 2.97. The van der Waals surface area contributed by atoms with Crippen LogP contribution in [0.4, 0.5) is 0 Å². The molecule has 2 aliphatic heterocycles. The number of β-lactam (4-membered cyclic amide) rings is 1. The molecule has 19 heavy (non-hydrogen) atoms. The molecule has 0 saturated carbocycles. The van der Waals surface area contributed by atoms with Crippen molar-refractivity contribution in [2.24, 2.45) is 0 Å². The van der Waals surface area contributed by atoms with Crippen molar-refractivity contribution in [3.8, 4) is 0 Å². The number of rotatable bonds is 2. The van der Waals surface area contributed by atoms with E-state index in [1.54, 1.807) is 28.9 Å². The average Bonchev–Trinajstić information content (AvgIpc) is 2.45. The Morgan fingerprint density at radius 1 is 1.47 bits per heavy atom. The Kier molecular flexibility index (Phi) is 2.98. The van der Waals surface area contributed by atoms with Crippen LogP contribution in [0.1, 0.15) is 12.6 Å². The first-order valence-corrected chi connectivity index (χ1v) is 7.00. The highest BCUT2D eigenvalue weighted by Gasteiger charge is 2.46. The molecule has 0 aliphatic carbocycles. The fraction of sp³-hybridized carbons (Fsp3) is 0.214. The largest absolute Gasteiger partial charge is 0.296 e. The van der Waals surface area contributed by atoms with Gasteiger partial charge in [0.25, 0.3) is 5.91 Å². The highest BCUT2D eigenvalue weighted by molar-refractivity contribution is 8.00. The van der Waals surface area contributed by atoms with Crippen molar-refractivity contribution in [2.45, 2.75) is 12.3 Å². The molecule has 96 valence electrons. The van der Waals surface area contributed by atoms with E-state index in [2.05, 4.69) is 4.98 Å². The SMILES string of the molecule is CC1=C(C=O)N2C(=O)/C(=C/c3ccccn3)C2SC1. The van der Waals surface area contributed by atoms with Crippen LogP contribution in [0.5, 0.6) is 0 Å². The first-order chi connectivity index (χ1) is 9.22. The third-order valence-corrected chi connectivity index (χ3v) is 4.60. The molecule has 1 aromatic rings. The van der Waals surface area contributed by atoms with E-state index in [0.717, 1.165) is 28.9 Å². The standard InChI is InChI=1S/C14H12N2O2S/c1-9-8-19-14-11(6-10-4-2-3-5-15-10)13(18)16(14)12(9)7-17/h2-7,14H,8H2,1H3/b11-6-. The molecule has 0 aromatic carbocycles. The van der Waals surface area contributed by atoms with Gasteiger partial charge in [-0.3, -0.25) is 19.5 Å². The van der Waals surface area contributed by atoms with Crippen molar-refractivity contribution in [3.05, 3.63) is 46.9 Å². The summed E-state index contributed by atoms with van der Waals surface area (Å²) in [7, 11) is 0. The minimum Gasteiger partial charge on any atom is -0.296 e. The zero-order valence-corrected chi connectivity index (χ0v) is 11.2. The minimum atomic E-state index is -0.0932. The molecule has 1 unspecified atom stereocenters. The molecule has 1 fully saturated rings. The van der Waals surface area contributed by atoms with Crippen LogP contribution in [0, 0.1) is 0 Å². The van der Waals surface area contributed by atoms with Crippen LogP contribution in [0.2, 0.25) is 0 Å². The molecule has 1 amide bonds. The Morgan fingerprint density at radius 2 is 2.32 bits per heavy atom. The number of hydrogen-bond donors (Lipinski definition) is 0. The maximum atomic E-state index is 12.1. The normalized spacial score (nSPS) is 24.3. The molecule has 5 heteroatoms. The van der Waals surface area contributed by atoms with Gasteiger partial charge in [0, 0.05) is 11.9 Å². The molecule has 0 spiro atoms. The lowest BCUT2D eigenvalue weighted by atomic mass is 10.0. The number of carbonyl (C=O) groups is 2. The number of pyridine rings is 1. The molecule has 4 nitrogen and oxygen atoms in total. The number of aromatic nitrogens is 1. The van der Waals surface area contributed by atoms with E-state index in [1.807, 2.05) is 25.1 Å². The number of allylic oxidation sites excluding steroid dienone is 1. The van der Waals surface area contributed by atoms with Gasteiger partial charge in [-0.2, -0.15) is 0 Å². The number of aldehydes is 1. The number of amides is 1. The Bertz CT molecular complexity index is 607. The van der Waals surface area contributed by atoms with Crippen molar-refractivity contribution in [1.29, 1.82) is 0 Å². The predicted molar refractivity (Wildman–Crippen MR) is 74.1 cm³/mol. The Hall–Kier alpha value is -1.88. The second-order valence-corrected chi connectivity index (χ2v) is 5.54. The fourth-order valence-electron chi connectivity index (χ4n) is 2.22. The van der Waals surface area contributed by atoms with Crippen LogP contribution in [-0.4, -0.2) is 33.2 Å². The second kappa shape index (κ2) is 4.66. The third kappa shape index (κ3) is 1.90. The summed E-state index contributed by atoms with van der Waals surface area (Å²) in [5.74, 6) is 0.687. The van der Waals surface area contributed by atoms with Crippen LogP contribution >= 0.6 is 11.8 Å². The number of carbonyl (C=O) groups excluding carboxylic acids is 2. The summed E-state index contributed by atoms with van der Waals surface area (Å²) in [6, 6.07) is 5.58. The van der Waals surface area contributed by atoms with E-state index in [0.29, 0.717) is 5.70 Å². The highest BCUT2D eigenvalue weighted by Crippen LogP contribution is 2.43. The van der Waals surface area contributed by atoms with Crippen molar-refractivity contribution in [1.82, 2.24) is 9.88 Å². The first-order valence-electron chi connectivity index (χ1n) is 5.95. The summed E-state index contributed by atoms with van der Waals surface area (Å²) >= 11 is 1.66. The summed E-state index contributed by atoms with van der Waals surface area (Å²) in [5, 5.41) is -0.0431. The summed E-state index contributed by atoms with van der Waals surface area (Å²) in [4.78, 5) is 29.0. The van der Waals surface area contributed by atoms with Crippen LogP contribution in [0.15, 0.2) is 41.2 Å². The van der Waals surface area contributed by atoms with Gasteiger partial charge in [0.1, 0.15) is 5.37 Å². The molecule has 0 N–H and O–H groups in total. The highest BCUT2D eigenvalue weighted by atomic mass is 32.2. The van der Waals surface area contributed by atoms with Gasteiger partial charge in [0.15, 0.2) is 6.29 Å². The van der Waals surface area contributed by atoms with Gasteiger partial charge in [-0.15, -0.1) is 11.8 Å². The quantitative estimate of drug-likeness (QED) is 0.468. The lowest BCUT2D eigenvalue weighted by Gasteiger charge is -2.45. The number of hydrogen-bond acceptors (Lipinski definition) is 4. The maximum Gasteiger partial charge on any atom is 0.258 e. The topological polar surface area (TPSA) is 50.3 Å². The van der Waals surface area contributed by atoms with Crippen LogP contribution in [0.3, 0.4) is 0 Å². The molecule has 1 aromatic heterocycles. The Labute approximate surface area is 115 Å². The van der Waals surface area contributed by atoms with E-state index in [-0.39, 0.29) is 11.3 Å². The fourth-order valence-corrected chi connectivity index (χ4v) is 3.48. The van der Waals surface area contributed by atoms with Crippen molar-refractivity contribution < 1.29 is 9.59 Å². The first kappa shape index (κ1) is 12.2. The summed E-state index contributed by atoms with van der Waals surface area (Å²) < 4.78 is 0. The molecular weight excluding hydrogens is 260 g/mol. The second-order valence-electron chi connectivity index (χ2n) is 4.48. The van der Waals surface area contributed by atoms with Crippen molar-refractivity contribution in [2.75, 3.05) is 5.75 Å². The molecule has 3 rings (SSSR count). The minimum absolute atomic E-state index is 0.0431. The van der Waals surface area contributed by atoms with Gasteiger partial charge < -0.3 is 0 Å². The molecule has 1 saturated heterocycles. The zero-order chi connectivity index (χ0) is 13.4. The predicted octanol–water partition coefficient (Wildman–Crippen LogP) is 1.85. The Morgan fingerprint density at radius 3 is 3.00 bits per heavy atom. The molecule has 2 aliphatic rings. The molecule has 1 atom stereocenters. The molecule has 0 bridgehead atoms. The van der Waals surface area contributed by atoms with E-state index >= 15 is 0 Å². The van der Waals surface area contributed by atoms with Gasteiger partial charge >= 0.3 is 0 Å². The van der Waals surface area contributed by atoms with Crippen LogP contribution in [-0.2, 0) is 9.59 Å². The third-order valence-electron chi connectivity index (χ3n) is 3.22. The van der Waals surface area contributed by atoms with Crippen LogP contribution < -0.4 is 0 Å². The number of thioether (sulfide) groups is 1. The van der Waals surface area contributed by atoms with E-state index in [9.17, 15) is 9.59 Å². The van der Waals surface area contributed by atoms with Gasteiger partial charge in [-0.25, -0.2) is 0 Å². The van der Waals surface area contributed by atoms with Crippen molar-refractivity contribution in [3.63, 3.8) is 0 Å². The van der Waals surface area contributed by atoms with Gasteiger partial charge in [0.2, 0.25) is 0 Å². The van der Waals surface area contributed by atoms with Crippen LogP contribution in [0.25, 0.3) is 6.08 Å². The molecular formula is C14H12N2O2S. The summed E-state index contributed by atoms with van der Waals surface area (Å²) in [6.45, 7) is 1.89. The van der Waals surface area contributed by atoms with Gasteiger partial charge in [-0.1, -0.05) is 6.07 Å². The van der Waals surface area contributed by atoms with E-state index < -0.39 is 0 Å². The smallest absolute Gasteiger partial charge is 0.258 e. The Balaban J connectivity index is 1.93. The lowest BCUT2D eigenvalue weighted by molar-refractivity contribution is -0.132. The van der Waals surface area contributed by atoms with Gasteiger partial charge in [-0.05, 0) is 30.7 Å². The number of nitrogens with zero attached hydrogens (tertiary/aromatic N) is 2.